The Bertz CT molecular complexity index is 843. The molecule has 0 atom stereocenters. The van der Waals surface area contributed by atoms with Crippen LogP contribution in [0.5, 0.6) is 5.75 Å². The summed E-state index contributed by atoms with van der Waals surface area (Å²) in [6, 6.07) is 6.89. The van der Waals surface area contributed by atoms with Crippen LogP contribution in [0.15, 0.2) is 45.4 Å². The number of nitrogens with one attached hydrogen (secondary N) is 1. The zero-order chi connectivity index (χ0) is 18.5. The third-order valence-corrected chi connectivity index (χ3v) is 4.34. The van der Waals surface area contributed by atoms with E-state index in [4.69, 9.17) is 4.74 Å². The van der Waals surface area contributed by atoms with Crippen molar-refractivity contribution in [1.82, 2.24) is 5.32 Å². The van der Waals surface area contributed by atoms with Gasteiger partial charge in [0.15, 0.2) is 5.17 Å². The molecule has 9 heteroatoms. The number of carbonyl (C=O) groups is 3. The van der Waals surface area contributed by atoms with Gasteiger partial charge in [-0.3, -0.25) is 14.9 Å². The van der Waals surface area contributed by atoms with E-state index < -0.39 is 11.9 Å². The molecule has 0 spiro atoms. The average Bonchev–Trinajstić information content (AvgIpc) is 3.41. The van der Waals surface area contributed by atoms with Crippen molar-refractivity contribution in [3.8, 4) is 5.75 Å². The summed E-state index contributed by atoms with van der Waals surface area (Å²) in [6.07, 6.45) is 4.32. The fourth-order valence-corrected chi connectivity index (χ4v) is 2.70. The molecule has 3 rings (SSSR count). The van der Waals surface area contributed by atoms with Crippen molar-refractivity contribution in [2.45, 2.75) is 12.8 Å². The summed E-state index contributed by atoms with van der Waals surface area (Å²) >= 11 is 0.986. The average molecular weight is 373 g/mol. The highest BCUT2D eigenvalue weighted by Gasteiger charge is 2.31. The lowest BCUT2D eigenvalue weighted by molar-refractivity contribution is -0.136. The zero-order valence-corrected chi connectivity index (χ0v) is 14.6. The topological polar surface area (TPSA) is 106 Å². The second-order valence-corrected chi connectivity index (χ2v) is 6.54. The van der Waals surface area contributed by atoms with Crippen LogP contribution < -0.4 is 10.1 Å². The molecule has 1 saturated carbocycles. The Hall–Kier alpha value is -2.94. The van der Waals surface area contributed by atoms with E-state index in [9.17, 15) is 14.4 Å². The van der Waals surface area contributed by atoms with Crippen LogP contribution in [0.4, 0.5) is 0 Å². The summed E-state index contributed by atoms with van der Waals surface area (Å²) in [7, 11) is 1.23. The van der Waals surface area contributed by atoms with Crippen molar-refractivity contribution >= 4 is 41.0 Å². The molecule has 1 aliphatic heterocycles. The number of thioether (sulfide) groups is 1. The maximum Gasteiger partial charge on any atom is 0.331 e. The first kappa shape index (κ1) is 17.9. The maximum atomic E-state index is 11.7. The number of benzene rings is 1. The molecule has 8 nitrogen and oxygen atoms in total. The minimum Gasteiger partial charge on any atom is -0.466 e. The standard InChI is InChI=1S/C17H15N3O5S/c1-24-14(21)8-13-15(22)19-17(26-13)20-18-9-10-3-2-4-12(7-10)25-16(23)11-5-6-11/h2-4,7-9,11H,5-6H2,1H3,(H,19,20,22)/b13-8+,18-9?. The number of ether oxygens (including phenoxy) is 2. The number of nitrogens with zero attached hydrogens (tertiary/aromatic N) is 2. The molecule has 0 unspecified atom stereocenters. The Kier molecular flexibility index (Phi) is 5.47. The number of amides is 1. The van der Waals surface area contributed by atoms with Crippen LogP contribution in [0.25, 0.3) is 0 Å². The van der Waals surface area contributed by atoms with Crippen molar-refractivity contribution in [2.75, 3.05) is 7.11 Å². The van der Waals surface area contributed by atoms with E-state index in [1.54, 1.807) is 24.3 Å². The highest BCUT2D eigenvalue weighted by atomic mass is 32.2. The number of esters is 2. The van der Waals surface area contributed by atoms with Crippen LogP contribution in [-0.4, -0.2) is 36.3 Å². The largest absolute Gasteiger partial charge is 0.466 e. The van der Waals surface area contributed by atoms with Crippen molar-refractivity contribution in [3.05, 3.63) is 40.8 Å². The van der Waals surface area contributed by atoms with E-state index in [1.165, 1.54) is 13.3 Å². The third-order valence-electron chi connectivity index (χ3n) is 3.44. The molecule has 2 fully saturated rings. The highest BCUT2D eigenvalue weighted by Crippen LogP contribution is 2.30. The summed E-state index contributed by atoms with van der Waals surface area (Å²) in [5, 5.41) is 10.5. The van der Waals surface area contributed by atoms with Gasteiger partial charge in [-0.2, -0.15) is 5.10 Å². The minimum atomic E-state index is -0.620. The monoisotopic (exact) mass is 373 g/mol. The van der Waals surface area contributed by atoms with Crippen LogP contribution in [0, 0.1) is 5.92 Å². The van der Waals surface area contributed by atoms with E-state index >= 15 is 0 Å². The molecule has 1 saturated heterocycles. The number of methoxy groups -OCH3 is 1. The smallest absolute Gasteiger partial charge is 0.331 e. The second kappa shape index (κ2) is 7.96. The molecular formula is C17H15N3O5S. The molecule has 2 aliphatic rings. The van der Waals surface area contributed by atoms with Crippen molar-refractivity contribution < 1.29 is 23.9 Å². The number of rotatable bonds is 5. The van der Waals surface area contributed by atoms with Crippen LogP contribution in [0.1, 0.15) is 18.4 Å². The van der Waals surface area contributed by atoms with Crippen molar-refractivity contribution in [3.63, 3.8) is 0 Å². The molecular weight excluding hydrogens is 358 g/mol. The van der Waals surface area contributed by atoms with Gasteiger partial charge in [-0.15, -0.1) is 5.10 Å². The number of amidine groups is 1. The van der Waals surface area contributed by atoms with E-state index in [0.29, 0.717) is 11.3 Å². The molecule has 1 heterocycles. The molecule has 0 radical (unpaired) electrons. The predicted octanol–water partition coefficient (Wildman–Crippen LogP) is 1.61. The quantitative estimate of drug-likeness (QED) is 0.276. The van der Waals surface area contributed by atoms with Gasteiger partial charge in [-0.05, 0) is 42.3 Å². The van der Waals surface area contributed by atoms with Gasteiger partial charge in [0.25, 0.3) is 5.91 Å². The Morgan fingerprint density at radius 1 is 1.35 bits per heavy atom. The summed E-state index contributed by atoms with van der Waals surface area (Å²) in [5.74, 6) is -0.804. The van der Waals surface area contributed by atoms with Crippen LogP contribution in [-0.2, 0) is 19.1 Å². The van der Waals surface area contributed by atoms with Crippen molar-refractivity contribution in [1.29, 1.82) is 0 Å². The summed E-state index contributed by atoms with van der Waals surface area (Å²) < 4.78 is 9.76. The maximum absolute atomic E-state index is 11.7. The molecule has 0 aromatic heterocycles. The van der Waals surface area contributed by atoms with Gasteiger partial charge >= 0.3 is 11.9 Å². The Labute approximate surface area is 153 Å². The number of hydrogen-bond donors (Lipinski definition) is 1. The Morgan fingerprint density at radius 2 is 2.15 bits per heavy atom. The highest BCUT2D eigenvalue weighted by molar-refractivity contribution is 8.18. The van der Waals surface area contributed by atoms with E-state index in [1.807, 2.05) is 0 Å². The van der Waals surface area contributed by atoms with Gasteiger partial charge < -0.3 is 9.47 Å². The lowest BCUT2D eigenvalue weighted by Gasteiger charge is -2.03. The van der Waals surface area contributed by atoms with Crippen LogP contribution in [0.2, 0.25) is 0 Å². The van der Waals surface area contributed by atoms with E-state index in [0.717, 1.165) is 30.7 Å². The first-order chi connectivity index (χ1) is 12.5. The fraction of sp³-hybridized carbons (Fsp3) is 0.235. The summed E-state index contributed by atoms with van der Waals surface area (Å²) in [4.78, 5) is 34.7. The Morgan fingerprint density at radius 3 is 2.88 bits per heavy atom. The lowest BCUT2D eigenvalue weighted by Crippen LogP contribution is -2.19. The van der Waals surface area contributed by atoms with Crippen LogP contribution >= 0.6 is 11.8 Å². The first-order valence-corrected chi connectivity index (χ1v) is 8.58. The van der Waals surface area contributed by atoms with Gasteiger partial charge in [-0.1, -0.05) is 12.1 Å². The zero-order valence-electron chi connectivity index (χ0n) is 13.8. The molecule has 0 bridgehead atoms. The van der Waals surface area contributed by atoms with Crippen LogP contribution in [0.3, 0.4) is 0 Å². The van der Waals surface area contributed by atoms with Gasteiger partial charge in [0.05, 0.1) is 24.1 Å². The molecule has 1 aromatic rings. The molecule has 26 heavy (non-hydrogen) atoms. The summed E-state index contributed by atoms with van der Waals surface area (Å²) in [6.45, 7) is 0. The minimum absolute atomic E-state index is 0.0222. The van der Waals surface area contributed by atoms with E-state index in [-0.39, 0.29) is 22.0 Å². The molecule has 1 aliphatic carbocycles. The summed E-state index contributed by atoms with van der Waals surface area (Å²) in [5.41, 5.74) is 0.690. The SMILES string of the molecule is COC(=O)/C=C1/S/C(=N\N=Cc2cccc(OC(=O)C3CC3)c2)NC1=O. The molecule has 1 aromatic carbocycles. The third kappa shape index (κ3) is 4.79. The number of hydrogen-bond acceptors (Lipinski definition) is 8. The van der Waals surface area contributed by atoms with Gasteiger partial charge in [0, 0.05) is 6.08 Å². The second-order valence-electron chi connectivity index (χ2n) is 5.51. The van der Waals surface area contributed by atoms with Gasteiger partial charge in [-0.25, -0.2) is 4.79 Å². The Balaban J connectivity index is 1.62. The predicted molar refractivity (Wildman–Crippen MR) is 95.7 cm³/mol. The first-order valence-electron chi connectivity index (χ1n) is 7.77. The fourth-order valence-electron chi connectivity index (χ4n) is 1.97. The molecule has 1 N–H and O–H groups in total. The van der Waals surface area contributed by atoms with E-state index in [2.05, 4.69) is 20.3 Å². The van der Waals surface area contributed by atoms with Crippen molar-refractivity contribution in [2.24, 2.45) is 16.1 Å². The normalized spacial score (nSPS) is 19.8. The lowest BCUT2D eigenvalue weighted by atomic mass is 10.2. The van der Waals surface area contributed by atoms with Gasteiger partial charge in [0.2, 0.25) is 0 Å². The molecule has 1 amide bonds. The van der Waals surface area contributed by atoms with Gasteiger partial charge in [0.1, 0.15) is 5.75 Å². The molecule has 134 valence electrons. The number of carbonyl (C=O) groups excluding carboxylic acids is 3.